The molecule has 0 unspecified atom stereocenters. The summed E-state index contributed by atoms with van der Waals surface area (Å²) in [6.07, 6.45) is -2.72. The van der Waals surface area contributed by atoms with E-state index in [2.05, 4.69) is 21.2 Å². The number of benzene rings is 1. The average Bonchev–Trinajstić information content (AvgIpc) is 2.27. The Balaban J connectivity index is 2.95. The third kappa shape index (κ3) is 4.27. The Bertz CT molecular complexity index is 509. The van der Waals surface area contributed by atoms with Crippen molar-refractivity contribution in [1.82, 2.24) is 10.0 Å². The minimum absolute atomic E-state index is 0.0528. The Morgan fingerprint density at radius 1 is 1.39 bits per heavy atom. The van der Waals surface area contributed by atoms with Gasteiger partial charge in [-0.3, -0.25) is 0 Å². The summed E-state index contributed by atoms with van der Waals surface area (Å²) in [6, 6.07) is 4.64. The van der Waals surface area contributed by atoms with Crippen molar-refractivity contribution in [2.75, 3.05) is 13.6 Å². The van der Waals surface area contributed by atoms with Gasteiger partial charge in [0.1, 0.15) is 0 Å². The van der Waals surface area contributed by atoms with Gasteiger partial charge in [0.05, 0.1) is 11.4 Å². The number of nitrogens with one attached hydrogen (secondary N) is 2. The van der Waals surface area contributed by atoms with E-state index in [0.29, 0.717) is 11.0 Å². The van der Waals surface area contributed by atoms with Gasteiger partial charge in [-0.1, -0.05) is 6.07 Å². The Kier molecular flexibility index (Phi) is 5.64. The highest BCUT2D eigenvalue weighted by Crippen LogP contribution is 2.23. The highest BCUT2D eigenvalue weighted by molar-refractivity contribution is 9.10. The zero-order valence-corrected chi connectivity index (χ0v) is 12.0. The van der Waals surface area contributed by atoms with E-state index < -0.39 is 23.0 Å². The van der Waals surface area contributed by atoms with Gasteiger partial charge in [-0.2, -0.15) is 0 Å². The molecule has 0 amide bonds. The molecule has 18 heavy (non-hydrogen) atoms. The molecular weight excluding hydrogens is 330 g/mol. The SMILES string of the molecule is CNCc1ccc(S(=O)(=O)NCC(F)F)c(Br)c1. The molecule has 0 aliphatic rings. The number of sulfonamides is 1. The van der Waals surface area contributed by atoms with Gasteiger partial charge in [0, 0.05) is 11.0 Å². The van der Waals surface area contributed by atoms with Crippen LogP contribution in [0.1, 0.15) is 5.56 Å². The monoisotopic (exact) mass is 342 g/mol. The summed E-state index contributed by atoms with van der Waals surface area (Å²) in [7, 11) is -2.15. The molecule has 4 nitrogen and oxygen atoms in total. The lowest BCUT2D eigenvalue weighted by Gasteiger charge is -2.09. The van der Waals surface area contributed by atoms with Gasteiger partial charge in [0.25, 0.3) is 6.43 Å². The molecule has 0 saturated carbocycles. The summed E-state index contributed by atoms with van der Waals surface area (Å²) in [4.78, 5) is -0.0528. The number of hydrogen-bond donors (Lipinski definition) is 2. The van der Waals surface area contributed by atoms with Crippen LogP contribution in [0.4, 0.5) is 8.78 Å². The van der Waals surface area contributed by atoms with Crippen molar-refractivity contribution in [3.63, 3.8) is 0 Å². The predicted octanol–water partition coefficient (Wildman–Crippen LogP) is 1.71. The van der Waals surface area contributed by atoms with E-state index in [9.17, 15) is 17.2 Å². The zero-order valence-electron chi connectivity index (χ0n) is 9.58. The number of rotatable bonds is 6. The third-order valence-electron chi connectivity index (χ3n) is 2.09. The molecule has 1 rings (SSSR count). The molecule has 0 atom stereocenters. The first-order valence-corrected chi connectivity index (χ1v) is 7.35. The quantitative estimate of drug-likeness (QED) is 0.827. The van der Waals surface area contributed by atoms with Crippen molar-refractivity contribution in [2.45, 2.75) is 17.9 Å². The first kappa shape index (κ1) is 15.5. The van der Waals surface area contributed by atoms with Crippen LogP contribution in [-0.2, 0) is 16.6 Å². The zero-order chi connectivity index (χ0) is 13.8. The summed E-state index contributed by atoms with van der Waals surface area (Å²) in [6.45, 7) is -0.309. The minimum Gasteiger partial charge on any atom is -0.316 e. The molecule has 0 aromatic heterocycles. The highest BCUT2D eigenvalue weighted by atomic mass is 79.9. The molecule has 1 aromatic rings. The predicted molar refractivity (Wildman–Crippen MR) is 68.1 cm³/mol. The van der Waals surface area contributed by atoms with Crippen LogP contribution in [0.25, 0.3) is 0 Å². The Morgan fingerprint density at radius 2 is 2.06 bits per heavy atom. The lowest BCUT2D eigenvalue weighted by Crippen LogP contribution is -2.28. The van der Waals surface area contributed by atoms with E-state index >= 15 is 0 Å². The highest BCUT2D eigenvalue weighted by Gasteiger charge is 2.19. The molecule has 0 saturated heterocycles. The second-order valence-corrected chi connectivity index (χ2v) is 6.13. The van der Waals surface area contributed by atoms with Crippen LogP contribution in [0, 0.1) is 0 Å². The van der Waals surface area contributed by atoms with Crippen LogP contribution >= 0.6 is 15.9 Å². The maximum Gasteiger partial charge on any atom is 0.251 e. The third-order valence-corrected chi connectivity index (χ3v) is 4.49. The van der Waals surface area contributed by atoms with Crippen molar-refractivity contribution >= 4 is 26.0 Å². The number of alkyl halides is 2. The van der Waals surface area contributed by atoms with E-state index in [1.807, 2.05) is 4.72 Å². The van der Waals surface area contributed by atoms with Crippen LogP contribution in [0.15, 0.2) is 27.6 Å². The maximum atomic E-state index is 12.0. The van der Waals surface area contributed by atoms with Gasteiger partial charge < -0.3 is 5.32 Å². The molecule has 0 bridgehead atoms. The maximum absolute atomic E-state index is 12.0. The van der Waals surface area contributed by atoms with Crippen LogP contribution in [0.3, 0.4) is 0 Å². The van der Waals surface area contributed by atoms with Crippen LogP contribution in [0.2, 0.25) is 0 Å². The standard InChI is InChI=1S/C10H13BrF2N2O2S/c1-14-5-7-2-3-9(8(11)4-7)18(16,17)15-6-10(12)13/h2-4,10,14-15H,5-6H2,1H3. The molecule has 2 N–H and O–H groups in total. The second kappa shape index (κ2) is 6.55. The molecule has 0 heterocycles. The normalized spacial score (nSPS) is 12.1. The number of hydrogen-bond acceptors (Lipinski definition) is 3. The molecular formula is C10H13BrF2N2O2S. The average molecular weight is 343 g/mol. The smallest absolute Gasteiger partial charge is 0.251 e. The van der Waals surface area contributed by atoms with E-state index in [1.54, 1.807) is 19.2 Å². The molecule has 102 valence electrons. The van der Waals surface area contributed by atoms with Gasteiger partial charge in [-0.25, -0.2) is 21.9 Å². The second-order valence-electron chi connectivity index (χ2n) is 3.54. The van der Waals surface area contributed by atoms with Crippen molar-refractivity contribution in [1.29, 1.82) is 0 Å². The summed E-state index contributed by atoms with van der Waals surface area (Å²) < 4.78 is 49.7. The Labute approximate surface area is 113 Å². The van der Waals surface area contributed by atoms with Gasteiger partial charge in [0.2, 0.25) is 10.0 Å². The lowest BCUT2D eigenvalue weighted by molar-refractivity contribution is 0.153. The summed E-state index contributed by atoms with van der Waals surface area (Å²) in [5.41, 5.74) is 0.886. The fourth-order valence-electron chi connectivity index (χ4n) is 1.33. The first-order valence-electron chi connectivity index (χ1n) is 5.07. The van der Waals surface area contributed by atoms with Crippen molar-refractivity contribution in [3.8, 4) is 0 Å². The van der Waals surface area contributed by atoms with Crippen molar-refractivity contribution in [2.24, 2.45) is 0 Å². The minimum atomic E-state index is -3.92. The van der Waals surface area contributed by atoms with Crippen LogP contribution in [-0.4, -0.2) is 28.4 Å². The molecule has 0 aliphatic carbocycles. The van der Waals surface area contributed by atoms with E-state index in [4.69, 9.17) is 0 Å². The molecule has 8 heteroatoms. The molecule has 1 aromatic carbocycles. The fourth-order valence-corrected chi connectivity index (χ4v) is 3.46. The fraction of sp³-hybridized carbons (Fsp3) is 0.400. The van der Waals surface area contributed by atoms with Crippen LogP contribution < -0.4 is 10.0 Å². The lowest BCUT2D eigenvalue weighted by atomic mass is 10.2. The first-order chi connectivity index (χ1) is 8.36. The van der Waals surface area contributed by atoms with E-state index in [-0.39, 0.29) is 4.90 Å². The van der Waals surface area contributed by atoms with E-state index in [1.165, 1.54) is 6.07 Å². The molecule has 0 spiro atoms. The van der Waals surface area contributed by atoms with E-state index in [0.717, 1.165) is 5.56 Å². The molecule has 0 aliphatic heterocycles. The summed E-state index contributed by atoms with van der Waals surface area (Å²) in [5, 5.41) is 2.92. The number of halogens is 3. The van der Waals surface area contributed by atoms with Gasteiger partial charge >= 0.3 is 0 Å². The van der Waals surface area contributed by atoms with Gasteiger partial charge in [-0.15, -0.1) is 0 Å². The largest absolute Gasteiger partial charge is 0.316 e. The molecule has 0 fully saturated rings. The van der Waals surface area contributed by atoms with Gasteiger partial charge in [-0.05, 0) is 40.7 Å². The van der Waals surface area contributed by atoms with Crippen LogP contribution in [0.5, 0.6) is 0 Å². The molecule has 0 radical (unpaired) electrons. The summed E-state index contributed by atoms with van der Waals surface area (Å²) >= 11 is 3.13. The Hall–Kier alpha value is -0.570. The Morgan fingerprint density at radius 3 is 2.56 bits per heavy atom. The summed E-state index contributed by atoms with van der Waals surface area (Å²) in [5.74, 6) is 0. The van der Waals surface area contributed by atoms with Crippen molar-refractivity contribution in [3.05, 3.63) is 28.2 Å². The van der Waals surface area contributed by atoms with Gasteiger partial charge in [0.15, 0.2) is 0 Å². The van der Waals surface area contributed by atoms with Crippen molar-refractivity contribution < 1.29 is 17.2 Å². The topological polar surface area (TPSA) is 58.2 Å².